The van der Waals surface area contributed by atoms with Crippen LogP contribution in [0.5, 0.6) is 0 Å². The zero-order chi connectivity index (χ0) is 8.27. The van der Waals surface area contributed by atoms with Gasteiger partial charge < -0.3 is 10.1 Å². The van der Waals surface area contributed by atoms with Crippen LogP contribution < -0.4 is 5.32 Å². The normalized spacial score (nSPS) is 22.5. The maximum absolute atomic E-state index is 10.8. The first-order valence-electron chi connectivity index (χ1n) is 3.45. The van der Waals surface area contributed by atoms with Crippen molar-refractivity contribution in [2.45, 2.75) is 12.5 Å². The molecule has 1 heterocycles. The Morgan fingerprint density at radius 3 is 3.18 bits per heavy atom. The summed E-state index contributed by atoms with van der Waals surface area (Å²) >= 11 is 0. The molecule has 1 unspecified atom stereocenters. The Morgan fingerprint density at radius 2 is 2.64 bits per heavy atom. The van der Waals surface area contributed by atoms with Gasteiger partial charge in [-0.1, -0.05) is 6.08 Å². The number of amides is 1. The molecule has 3 heteroatoms. The van der Waals surface area contributed by atoms with Crippen molar-refractivity contribution in [1.29, 1.82) is 0 Å². The van der Waals surface area contributed by atoms with Gasteiger partial charge in [-0.2, -0.15) is 0 Å². The van der Waals surface area contributed by atoms with Gasteiger partial charge in [0.1, 0.15) is 5.76 Å². The second-order valence-corrected chi connectivity index (χ2v) is 2.34. The maximum Gasteiger partial charge on any atom is 0.248 e. The fourth-order valence-corrected chi connectivity index (χ4v) is 1.06. The first kappa shape index (κ1) is 7.85. The second kappa shape index (κ2) is 3.23. The second-order valence-electron chi connectivity index (χ2n) is 2.34. The van der Waals surface area contributed by atoms with Crippen LogP contribution in [-0.4, -0.2) is 19.1 Å². The average Bonchev–Trinajstić information content (AvgIpc) is 2.32. The fourth-order valence-electron chi connectivity index (χ4n) is 1.06. The molecule has 60 valence electrons. The molecule has 3 nitrogen and oxygen atoms in total. The summed E-state index contributed by atoms with van der Waals surface area (Å²) in [6.07, 6.45) is 3.93. The topological polar surface area (TPSA) is 38.3 Å². The van der Waals surface area contributed by atoms with E-state index in [9.17, 15) is 4.79 Å². The van der Waals surface area contributed by atoms with Crippen LogP contribution in [0.2, 0.25) is 0 Å². The first-order valence-corrected chi connectivity index (χ1v) is 3.45. The summed E-state index contributed by atoms with van der Waals surface area (Å²) in [5, 5.41) is 2.73. The van der Waals surface area contributed by atoms with Crippen LogP contribution in [0.3, 0.4) is 0 Å². The molecule has 0 aromatic heterocycles. The van der Waals surface area contributed by atoms with Crippen molar-refractivity contribution >= 4 is 5.91 Å². The number of carbonyl (C=O) groups is 1. The van der Waals surface area contributed by atoms with Crippen molar-refractivity contribution in [1.82, 2.24) is 5.32 Å². The van der Waals surface area contributed by atoms with Gasteiger partial charge in [0, 0.05) is 6.08 Å². The van der Waals surface area contributed by atoms with E-state index < -0.39 is 0 Å². The van der Waals surface area contributed by atoms with Gasteiger partial charge in [0.05, 0.1) is 13.2 Å². The standard InChI is InChI=1S/C8H11NO2/c1-3-4-6-7(11-2)5-8(10)9-6/h3,5-6H,1,4H2,2H3,(H,9,10). The monoisotopic (exact) mass is 153 g/mol. The summed E-state index contributed by atoms with van der Waals surface area (Å²) < 4.78 is 4.98. The molecule has 1 atom stereocenters. The van der Waals surface area contributed by atoms with E-state index in [1.165, 1.54) is 6.08 Å². The largest absolute Gasteiger partial charge is 0.499 e. The molecular formula is C8H11NO2. The predicted octanol–water partition coefficient (Wildman–Crippen LogP) is 0.591. The highest BCUT2D eigenvalue weighted by Crippen LogP contribution is 2.12. The highest BCUT2D eigenvalue weighted by Gasteiger charge is 2.22. The first-order chi connectivity index (χ1) is 5.27. The summed E-state index contributed by atoms with van der Waals surface area (Å²) in [6.45, 7) is 3.58. The molecule has 1 aliphatic heterocycles. The molecule has 0 fully saturated rings. The van der Waals surface area contributed by atoms with Crippen molar-refractivity contribution in [3.05, 3.63) is 24.5 Å². The van der Waals surface area contributed by atoms with Crippen LogP contribution in [0.4, 0.5) is 0 Å². The molecular weight excluding hydrogens is 142 g/mol. The zero-order valence-electron chi connectivity index (χ0n) is 6.46. The smallest absolute Gasteiger partial charge is 0.248 e. The van der Waals surface area contributed by atoms with Crippen LogP contribution >= 0.6 is 0 Å². The summed E-state index contributed by atoms with van der Waals surface area (Å²) in [5.41, 5.74) is 0. The number of hydrogen-bond acceptors (Lipinski definition) is 2. The molecule has 0 radical (unpaired) electrons. The lowest BCUT2D eigenvalue weighted by Crippen LogP contribution is -2.28. The minimum absolute atomic E-state index is 0.00926. The van der Waals surface area contributed by atoms with Crippen molar-refractivity contribution in [3.63, 3.8) is 0 Å². The molecule has 0 saturated carbocycles. The summed E-state index contributed by atoms with van der Waals surface area (Å²) in [7, 11) is 1.56. The van der Waals surface area contributed by atoms with E-state index >= 15 is 0 Å². The van der Waals surface area contributed by atoms with Gasteiger partial charge in [0.15, 0.2) is 0 Å². The van der Waals surface area contributed by atoms with Crippen molar-refractivity contribution < 1.29 is 9.53 Å². The van der Waals surface area contributed by atoms with Gasteiger partial charge in [0.2, 0.25) is 5.91 Å². The van der Waals surface area contributed by atoms with Gasteiger partial charge in [-0.25, -0.2) is 0 Å². The molecule has 11 heavy (non-hydrogen) atoms. The number of rotatable bonds is 3. The van der Waals surface area contributed by atoms with Crippen molar-refractivity contribution in [2.75, 3.05) is 7.11 Å². The lowest BCUT2D eigenvalue weighted by atomic mass is 10.2. The molecule has 0 saturated heterocycles. The molecule has 0 aromatic carbocycles. The lowest BCUT2D eigenvalue weighted by Gasteiger charge is -2.10. The molecule has 0 bridgehead atoms. The average molecular weight is 153 g/mol. The summed E-state index contributed by atoms with van der Waals surface area (Å²) in [4.78, 5) is 10.8. The lowest BCUT2D eigenvalue weighted by molar-refractivity contribution is -0.116. The van der Waals surface area contributed by atoms with E-state index in [2.05, 4.69) is 11.9 Å². The fraction of sp³-hybridized carbons (Fsp3) is 0.375. The van der Waals surface area contributed by atoms with Crippen molar-refractivity contribution in [2.24, 2.45) is 0 Å². The SMILES string of the molecule is C=CCC1NC(=O)C=C1OC. The molecule has 1 N–H and O–H groups in total. The molecule has 1 rings (SSSR count). The predicted molar refractivity (Wildman–Crippen MR) is 41.8 cm³/mol. The van der Waals surface area contributed by atoms with Crippen LogP contribution in [0.1, 0.15) is 6.42 Å². The third-order valence-electron chi connectivity index (χ3n) is 1.57. The van der Waals surface area contributed by atoms with Gasteiger partial charge in [0.25, 0.3) is 0 Å². The third kappa shape index (κ3) is 1.61. The minimum atomic E-state index is -0.0892. The van der Waals surface area contributed by atoms with E-state index in [0.717, 1.165) is 0 Å². The van der Waals surface area contributed by atoms with E-state index in [0.29, 0.717) is 12.2 Å². The van der Waals surface area contributed by atoms with Gasteiger partial charge in [-0.15, -0.1) is 6.58 Å². The van der Waals surface area contributed by atoms with Crippen LogP contribution in [0.15, 0.2) is 24.5 Å². The summed E-state index contributed by atoms with van der Waals surface area (Å²) in [5.74, 6) is 0.601. The third-order valence-corrected chi connectivity index (χ3v) is 1.57. The van der Waals surface area contributed by atoms with E-state index in [1.54, 1.807) is 13.2 Å². The number of hydrogen-bond donors (Lipinski definition) is 1. The van der Waals surface area contributed by atoms with Crippen LogP contribution in [0.25, 0.3) is 0 Å². The molecule has 0 spiro atoms. The Labute approximate surface area is 65.7 Å². The molecule has 1 aliphatic rings. The number of nitrogens with one attached hydrogen (secondary N) is 1. The van der Waals surface area contributed by atoms with Gasteiger partial charge >= 0.3 is 0 Å². The summed E-state index contributed by atoms with van der Waals surface area (Å²) in [6, 6.07) is -0.00926. The maximum atomic E-state index is 10.8. The van der Waals surface area contributed by atoms with Gasteiger partial charge in [-0.05, 0) is 6.42 Å². The number of methoxy groups -OCH3 is 1. The Morgan fingerprint density at radius 1 is 1.91 bits per heavy atom. The Balaban J connectivity index is 2.62. The van der Waals surface area contributed by atoms with Crippen LogP contribution in [0, 0.1) is 0 Å². The quantitative estimate of drug-likeness (QED) is 0.603. The molecule has 0 aromatic rings. The molecule has 1 amide bonds. The van der Waals surface area contributed by atoms with Crippen LogP contribution in [-0.2, 0) is 9.53 Å². The van der Waals surface area contributed by atoms with E-state index in [-0.39, 0.29) is 11.9 Å². The Bertz CT molecular complexity index is 208. The van der Waals surface area contributed by atoms with E-state index in [1.807, 2.05) is 0 Å². The van der Waals surface area contributed by atoms with E-state index in [4.69, 9.17) is 4.74 Å². The highest BCUT2D eigenvalue weighted by atomic mass is 16.5. The van der Waals surface area contributed by atoms with Gasteiger partial charge in [-0.3, -0.25) is 4.79 Å². The highest BCUT2D eigenvalue weighted by molar-refractivity contribution is 5.91. The number of ether oxygens (including phenoxy) is 1. The zero-order valence-corrected chi connectivity index (χ0v) is 6.46. The van der Waals surface area contributed by atoms with Crippen molar-refractivity contribution in [3.8, 4) is 0 Å². The molecule has 0 aliphatic carbocycles. The number of carbonyl (C=O) groups excluding carboxylic acids is 1. The minimum Gasteiger partial charge on any atom is -0.499 e. The Kier molecular flexibility index (Phi) is 2.31. The Hall–Kier alpha value is -1.25.